The van der Waals surface area contributed by atoms with Crippen molar-refractivity contribution in [3.63, 3.8) is 0 Å². The van der Waals surface area contributed by atoms with Crippen LogP contribution in [0.2, 0.25) is 0 Å². The molecule has 0 spiro atoms. The predicted octanol–water partition coefficient (Wildman–Crippen LogP) is 12.9. The van der Waals surface area contributed by atoms with Gasteiger partial charge in [-0.25, -0.2) is 0 Å². The van der Waals surface area contributed by atoms with Crippen LogP contribution in [-0.2, 0) is 4.79 Å². The van der Waals surface area contributed by atoms with Crippen LogP contribution < -0.4 is 56.5 Å². The van der Waals surface area contributed by atoms with Gasteiger partial charge >= 0.3 is 51.4 Å². The molecular formula is C49H98KNO2. The quantitative estimate of drug-likeness (QED) is 0.0457. The van der Waals surface area contributed by atoms with Crippen LogP contribution in [0.5, 0.6) is 0 Å². The van der Waals surface area contributed by atoms with Gasteiger partial charge in [-0.15, -0.1) is 0 Å². The Morgan fingerprint density at radius 3 is 0.755 bits per heavy atom. The molecule has 0 fully saturated rings. The fourth-order valence-corrected chi connectivity index (χ4v) is 8.20. The van der Waals surface area contributed by atoms with Gasteiger partial charge in [-0.1, -0.05) is 258 Å². The molecule has 3 nitrogen and oxygen atoms in total. The summed E-state index contributed by atoms with van der Waals surface area (Å²) in [4.78, 5) is 13.7. The van der Waals surface area contributed by atoms with Crippen molar-refractivity contribution in [2.24, 2.45) is 0 Å². The van der Waals surface area contributed by atoms with E-state index in [4.69, 9.17) is 0 Å². The maximum absolute atomic E-state index is 11.1. The Morgan fingerprint density at radius 2 is 0.566 bits per heavy atom. The second-order valence-electron chi connectivity index (χ2n) is 17.2. The van der Waals surface area contributed by atoms with Gasteiger partial charge in [0.1, 0.15) is 0 Å². The predicted molar refractivity (Wildman–Crippen MR) is 231 cm³/mol. The summed E-state index contributed by atoms with van der Waals surface area (Å²) in [5.74, 6) is -0.899. The normalized spacial score (nSPS) is 12.1. The maximum Gasteiger partial charge on any atom is 1.00 e. The zero-order valence-electron chi connectivity index (χ0n) is 37.5. The maximum atomic E-state index is 11.1. The third kappa shape index (κ3) is 47.3. The summed E-state index contributed by atoms with van der Waals surface area (Å²) in [7, 11) is 0. The Hall–Kier alpha value is 1.07. The number of carbonyl (C=O) groups is 1. The summed E-state index contributed by atoms with van der Waals surface area (Å²) in [6.07, 6.45) is 57.7. The summed E-state index contributed by atoms with van der Waals surface area (Å²) >= 11 is 0. The zero-order valence-corrected chi connectivity index (χ0v) is 40.6. The van der Waals surface area contributed by atoms with E-state index in [1.807, 2.05) is 0 Å². The molecule has 0 N–H and O–H groups in total. The number of carboxylic acids is 1. The smallest absolute Gasteiger partial charge is 0.550 e. The first-order chi connectivity index (χ1) is 25.6. The molecule has 0 aromatic rings. The first-order valence-electron chi connectivity index (χ1n) is 24.6. The van der Waals surface area contributed by atoms with E-state index in [9.17, 15) is 9.90 Å². The number of hydrogen-bond donors (Lipinski definition) is 0. The molecule has 1 atom stereocenters. The van der Waals surface area contributed by atoms with Gasteiger partial charge in [0.05, 0.1) is 0 Å². The van der Waals surface area contributed by atoms with Gasteiger partial charge in [0.15, 0.2) is 0 Å². The molecule has 0 radical (unpaired) electrons. The molecule has 0 amide bonds. The Labute approximate surface area is 378 Å². The van der Waals surface area contributed by atoms with Gasteiger partial charge < -0.3 is 14.8 Å². The van der Waals surface area contributed by atoms with E-state index < -0.39 is 5.97 Å². The molecule has 0 bridgehead atoms. The molecule has 4 heteroatoms. The van der Waals surface area contributed by atoms with E-state index >= 15 is 0 Å². The molecule has 1 unspecified atom stereocenters. The van der Waals surface area contributed by atoms with Crippen LogP contribution in [0.4, 0.5) is 0 Å². The standard InChI is InChI=1S/C49H99NO2.K/c1-4-6-8-10-12-14-16-18-20-22-24-26-28-30-32-34-36-38-40-42-46-50(48(3)44-45-49(51)52)47-43-41-39-37-35-33-31-29-27-25-23-21-19-17-15-13-11-9-7-5-2;/h48H,4-47H2,1-3H3,(H,51,52);/q;+1/p-1. The first-order valence-corrected chi connectivity index (χ1v) is 24.6. The molecule has 0 saturated carbocycles. The molecule has 0 aliphatic carbocycles. The largest absolute Gasteiger partial charge is 1.00 e. The molecule has 53 heavy (non-hydrogen) atoms. The van der Waals surface area contributed by atoms with Crippen LogP contribution >= 0.6 is 0 Å². The van der Waals surface area contributed by atoms with E-state index in [0.29, 0.717) is 6.04 Å². The van der Waals surface area contributed by atoms with Crippen LogP contribution in [0.1, 0.15) is 290 Å². The van der Waals surface area contributed by atoms with Crippen LogP contribution in [-0.4, -0.2) is 30.0 Å². The van der Waals surface area contributed by atoms with Crippen molar-refractivity contribution in [3.05, 3.63) is 0 Å². The van der Waals surface area contributed by atoms with E-state index in [1.54, 1.807) is 0 Å². The summed E-state index contributed by atoms with van der Waals surface area (Å²) < 4.78 is 0. The minimum Gasteiger partial charge on any atom is -0.550 e. The molecule has 0 aliphatic heterocycles. The monoisotopic (exact) mass is 772 g/mol. The van der Waals surface area contributed by atoms with Crippen molar-refractivity contribution >= 4 is 5.97 Å². The third-order valence-electron chi connectivity index (χ3n) is 12.0. The van der Waals surface area contributed by atoms with Crippen LogP contribution in [0, 0.1) is 0 Å². The number of rotatable bonds is 46. The Kier molecular flexibility index (Phi) is 52.2. The Morgan fingerprint density at radius 1 is 0.377 bits per heavy atom. The second-order valence-corrected chi connectivity index (χ2v) is 17.2. The first kappa shape index (κ1) is 56.2. The molecule has 0 aromatic carbocycles. The summed E-state index contributed by atoms with van der Waals surface area (Å²) in [6, 6.07) is 0.346. The molecule has 0 aromatic heterocycles. The fourth-order valence-electron chi connectivity index (χ4n) is 8.20. The SMILES string of the molecule is CCCCCCCCCCCCCCCCCCCCCCN(CCCCCCCCCCCCCCCCCCCCCC)C(C)CCC(=O)[O-].[K+]. The third-order valence-corrected chi connectivity index (χ3v) is 12.0. The number of nitrogens with zero attached hydrogens (tertiary/aromatic N) is 1. The molecule has 312 valence electrons. The van der Waals surface area contributed by atoms with Gasteiger partial charge in [-0.3, -0.25) is 0 Å². The molecule has 0 heterocycles. The number of carboxylic acid groups (broad SMARTS) is 1. The van der Waals surface area contributed by atoms with E-state index in [2.05, 4.69) is 25.7 Å². The van der Waals surface area contributed by atoms with Gasteiger partial charge in [-0.05, 0) is 45.7 Å². The van der Waals surface area contributed by atoms with Gasteiger partial charge in [0.25, 0.3) is 0 Å². The van der Waals surface area contributed by atoms with Gasteiger partial charge in [-0.2, -0.15) is 0 Å². The summed E-state index contributed by atoms with van der Waals surface area (Å²) in [6.45, 7) is 9.10. The molecule has 0 saturated heterocycles. The second kappa shape index (κ2) is 49.2. The summed E-state index contributed by atoms with van der Waals surface area (Å²) in [5, 5.41) is 11.1. The van der Waals surface area contributed by atoms with Crippen molar-refractivity contribution in [2.75, 3.05) is 13.1 Å². The van der Waals surface area contributed by atoms with Crippen molar-refractivity contribution < 1.29 is 61.3 Å². The number of unbranched alkanes of at least 4 members (excludes halogenated alkanes) is 38. The molecule has 0 rings (SSSR count). The number of carbonyl (C=O) groups excluding carboxylic acids is 1. The Balaban J connectivity index is 0. The fraction of sp³-hybridized carbons (Fsp3) is 0.980. The van der Waals surface area contributed by atoms with Crippen molar-refractivity contribution in [1.82, 2.24) is 4.90 Å². The zero-order chi connectivity index (χ0) is 37.8. The van der Waals surface area contributed by atoms with Crippen molar-refractivity contribution in [3.8, 4) is 0 Å². The van der Waals surface area contributed by atoms with E-state index in [0.717, 1.165) is 19.5 Å². The van der Waals surface area contributed by atoms with Gasteiger partial charge in [0, 0.05) is 12.0 Å². The van der Waals surface area contributed by atoms with Gasteiger partial charge in [0.2, 0.25) is 0 Å². The average molecular weight is 772 g/mol. The van der Waals surface area contributed by atoms with Crippen molar-refractivity contribution in [2.45, 2.75) is 296 Å². The average Bonchev–Trinajstić information content (AvgIpc) is 3.14. The minimum atomic E-state index is -0.899. The Bertz CT molecular complexity index is 629. The number of aliphatic carboxylic acids is 1. The van der Waals surface area contributed by atoms with Crippen molar-refractivity contribution in [1.29, 1.82) is 0 Å². The van der Waals surface area contributed by atoms with Crippen LogP contribution in [0.25, 0.3) is 0 Å². The van der Waals surface area contributed by atoms with E-state index in [1.165, 1.54) is 257 Å². The number of hydrogen-bond acceptors (Lipinski definition) is 3. The van der Waals surface area contributed by atoms with Crippen LogP contribution in [0.3, 0.4) is 0 Å². The minimum absolute atomic E-state index is 0. The molecular weight excluding hydrogens is 674 g/mol. The topological polar surface area (TPSA) is 43.4 Å². The summed E-state index contributed by atoms with van der Waals surface area (Å²) in [5.41, 5.74) is 0. The van der Waals surface area contributed by atoms with E-state index in [-0.39, 0.29) is 57.8 Å². The molecule has 0 aliphatic rings. The van der Waals surface area contributed by atoms with Crippen LogP contribution in [0.15, 0.2) is 0 Å².